The van der Waals surface area contributed by atoms with Gasteiger partial charge in [-0.1, -0.05) is 56.2 Å². The van der Waals surface area contributed by atoms with Gasteiger partial charge >= 0.3 is 5.97 Å². The number of ketones is 1. The van der Waals surface area contributed by atoms with Crippen molar-refractivity contribution in [1.29, 1.82) is 0 Å². The molecule has 0 saturated heterocycles. The maximum Gasteiger partial charge on any atom is 0.303 e. The average molecular weight is 320 g/mol. The van der Waals surface area contributed by atoms with Gasteiger partial charge < -0.3 is 5.11 Å². The highest BCUT2D eigenvalue weighted by Gasteiger charge is 2.20. The summed E-state index contributed by atoms with van der Waals surface area (Å²) in [6.45, 7) is 2.14. The SMILES string of the molecule is [2H]C([2H])(C=CC[C@H]1C=CC(=O)/C1=C/C=C/CCCCC)C([2H])([2H])CC(=O)O. The van der Waals surface area contributed by atoms with Gasteiger partial charge in [-0.2, -0.15) is 0 Å². The van der Waals surface area contributed by atoms with Crippen molar-refractivity contribution >= 4 is 11.8 Å². The molecule has 0 aromatic heterocycles. The summed E-state index contributed by atoms with van der Waals surface area (Å²) >= 11 is 0. The molecule has 1 atom stereocenters. The zero-order valence-electron chi connectivity index (χ0n) is 17.6. The molecule has 0 fully saturated rings. The van der Waals surface area contributed by atoms with Gasteiger partial charge in [-0.15, -0.1) is 0 Å². The molecule has 23 heavy (non-hydrogen) atoms. The summed E-state index contributed by atoms with van der Waals surface area (Å²) in [4.78, 5) is 22.7. The number of aliphatic carboxylic acids is 1. The lowest BCUT2D eigenvalue weighted by molar-refractivity contribution is -0.137. The van der Waals surface area contributed by atoms with Crippen LogP contribution in [0.5, 0.6) is 0 Å². The van der Waals surface area contributed by atoms with E-state index in [0.717, 1.165) is 25.3 Å². The van der Waals surface area contributed by atoms with Crippen molar-refractivity contribution < 1.29 is 20.2 Å². The van der Waals surface area contributed by atoms with Crippen LogP contribution in [-0.4, -0.2) is 16.9 Å². The first-order valence-corrected chi connectivity index (χ1v) is 8.09. The topological polar surface area (TPSA) is 54.4 Å². The number of unbranched alkanes of at least 4 members (excludes halogenated alkanes) is 3. The van der Waals surface area contributed by atoms with Gasteiger partial charge in [0.1, 0.15) is 0 Å². The van der Waals surface area contributed by atoms with Gasteiger partial charge in [0, 0.05) is 23.4 Å². The Labute approximate surface area is 145 Å². The minimum absolute atomic E-state index is 0.0733. The highest BCUT2D eigenvalue weighted by Crippen LogP contribution is 2.25. The molecule has 1 N–H and O–H groups in total. The third-order valence-corrected chi connectivity index (χ3v) is 3.48. The van der Waals surface area contributed by atoms with E-state index in [2.05, 4.69) is 6.92 Å². The van der Waals surface area contributed by atoms with Crippen molar-refractivity contribution in [3.8, 4) is 0 Å². The van der Waals surface area contributed by atoms with Crippen LogP contribution in [0.25, 0.3) is 0 Å². The van der Waals surface area contributed by atoms with Crippen molar-refractivity contribution in [3.63, 3.8) is 0 Å². The van der Waals surface area contributed by atoms with Crippen LogP contribution in [0.3, 0.4) is 0 Å². The monoisotopic (exact) mass is 320 g/mol. The molecule has 0 radical (unpaired) electrons. The molecule has 0 bridgehead atoms. The summed E-state index contributed by atoms with van der Waals surface area (Å²) in [7, 11) is 0. The second-order valence-electron chi connectivity index (χ2n) is 5.41. The molecular weight excluding hydrogens is 288 g/mol. The molecule has 0 aliphatic heterocycles. The van der Waals surface area contributed by atoms with Crippen molar-refractivity contribution in [2.45, 2.75) is 58.2 Å². The van der Waals surface area contributed by atoms with E-state index in [1.165, 1.54) is 18.6 Å². The third-order valence-electron chi connectivity index (χ3n) is 3.48. The Morgan fingerprint density at radius 2 is 2.17 bits per heavy atom. The summed E-state index contributed by atoms with van der Waals surface area (Å²) in [5.41, 5.74) is 0.625. The highest BCUT2D eigenvalue weighted by molar-refractivity contribution is 6.07. The maximum atomic E-state index is 12.0. The normalized spacial score (nSPS) is 23.4. The number of carboxylic acid groups (broad SMARTS) is 1. The number of hydrogen-bond donors (Lipinski definition) is 1. The lowest BCUT2D eigenvalue weighted by Gasteiger charge is -2.06. The molecule has 1 aliphatic carbocycles. The standard InChI is InChI=1S/C20H28O3/c1-2-3-4-5-6-10-13-18-17(15-16-19(18)21)12-9-7-8-11-14-20(22)23/h6-7,9-10,13,15-17H,2-5,8,11-12,14H2,1H3,(H,22,23)/b9-7?,10-6+,18-13+/t17-/m0/s1/i8D2,11D2. The molecule has 3 heteroatoms. The fourth-order valence-electron chi connectivity index (χ4n) is 2.24. The minimum atomic E-state index is -2.52. The van der Waals surface area contributed by atoms with Gasteiger partial charge in [0.15, 0.2) is 5.78 Å². The zero-order chi connectivity index (χ0) is 20.5. The van der Waals surface area contributed by atoms with Crippen LogP contribution in [-0.2, 0) is 9.59 Å². The van der Waals surface area contributed by atoms with Gasteiger partial charge in [-0.05, 0) is 38.1 Å². The van der Waals surface area contributed by atoms with Crippen molar-refractivity contribution in [2.75, 3.05) is 0 Å². The van der Waals surface area contributed by atoms with E-state index in [9.17, 15) is 9.59 Å². The highest BCUT2D eigenvalue weighted by atomic mass is 16.4. The van der Waals surface area contributed by atoms with Crippen LogP contribution in [0, 0.1) is 5.92 Å². The van der Waals surface area contributed by atoms with E-state index in [1.807, 2.05) is 12.2 Å². The molecule has 1 rings (SSSR count). The quantitative estimate of drug-likeness (QED) is 0.331. The second-order valence-corrected chi connectivity index (χ2v) is 5.41. The van der Waals surface area contributed by atoms with Crippen molar-refractivity contribution in [2.24, 2.45) is 5.92 Å². The number of carbonyl (C=O) groups excluding carboxylic acids is 1. The van der Waals surface area contributed by atoms with E-state index in [-0.39, 0.29) is 11.7 Å². The Morgan fingerprint density at radius 3 is 2.91 bits per heavy atom. The van der Waals surface area contributed by atoms with Crippen LogP contribution in [0.4, 0.5) is 0 Å². The molecule has 0 saturated carbocycles. The Kier molecular flexibility index (Phi) is 6.85. The Hall–Kier alpha value is -1.90. The van der Waals surface area contributed by atoms with Gasteiger partial charge in [-0.25, -0.2) is 0 Å². The molecule has 1 aliphatic rings. The fraction of sp³-hybridized carbons (Fsp3) is 0.500. The predicted molar refractivity (Wildman–Crippen MR) is 94.2 cm³/mol. The van der Waals surface area contributed by atoms with E-state index < -0.39 is 25.1 Å². The predicted octanol–water partition coefficient (Wildman–Crippen LogP) is 5.01. The molecular formula is C20H28O3. The van der Waals surface area contributed by atoms with Crippen LogP contribution in [0.15, 0.2) is 48.1 Å². The smallest absolute Gasteiger partial charge is 0.303 e. The number of carboxylic acids is 1. The lowest BCUT2D eigenvalue weighted by atomic mass is 9.97. The van der Waals surface area contributed by atoms with Crippen LogP contribution in [0.2, 0.25) is 0 Å². The molecule has 0 aromatic carbocycles. The minimum Gasteiger partial charge on any atom is -0.481 e. The first-order valence-electron chi connectivity index (χ1n) is 10.1. The largest absolute Gasteiger partial charge is 0.481 e. The summed E-state index contributed by atoms with van der Waals surface area (Å²) in [6, 6.07) is 0. The first kappa shape index (κ1) is 13.5. The Bertz CT molecular complexity index is 646. The van der Waals surface area contributed by atoms with Crippen molar-refractivity contribution in [3.05, 3.63) is 48.1 Å². The number of allylic oxidation sites excluding steroid dienone is 8. The number of rotatable bonds is 11. The van der Waals surface area contributed by atoms with Crippen LogP contribution < -0.4 is 0 Å². The summed E-state index contributed by atoms with van der Waals surface area (Å²) < 4.78 is 30.9. The summed E-state index contributed by atoms with van der Waals surface area (Å²) in [5.74, 6) is -1.65. The molecule has 0 amide bonds. The number of carbonyl (C=O) groups is 2. The molecule has 0 heterocycles. The molecule has 3 nitrogen and oxygen atoms in total. The zero-order valence-corrected chi connectivity index (χ0v) is 13.6. The van der Waals surface area contributed by atoms with Gasteiger partial charge in [0.25, 0.3) is 0 Å². The molecule has 0 unspecified atom stereocenters. The summed E-state index contributed by atoms with van der Waals surface area (Å²) in [5, 5.41) is 8.73. The van der Waals surface area contributed by atoms with Gasteiger partial charge in [0.2, 0.25) is 0 Å². The Morgan fingerprint density at radius 1 is 1.35 bits per heavy atom. The lowest BCUT2D eigenvalue weighted by Crippen LogP contribution is -2.01. The average Bonchev–Trinajstić information content (AvgIpc) is 2.89. The second kappa shape index (κ2) is 11.6. The van der Waals surface area contributed by atoms with Crippen molar-refractivity contribution in [1.82, 2.24) is 0 Å². The van der Waals surface area contributed by atoms with Gasteiger partial charge in [-0.3, -0.25) is 9.59 Å². The third kappa shape index (κ3) is 8.34. The van der Waals surface area contributed by atoms with E-state index in [1.54, 1.807) is 12.2 Å². The van der Waals surface area contributed by atoms with Crippen LogP contribution >= 0.6 is 0 Å². The first-order chi connectivity index (χ1) is 12.6. The Balaban J connectivity index is 2.70. The van der Waals surface area contributed by atoms with E-state index >= 15 is 0 Å². The van der Waals surface area contributed by atoms with E-state index in [0.29, 0.717) is 12.0 Å². The van der Waals surface area contributed by atoms with Gasteiger partial charge in [0.05, 0.1) is 0 Å². The maximum absolute atomic E-state index is 12.0. The summed E-state index contributed by atoms with van der Waals surface area (Å²) in [6.07, 6.45) is 10.4. The van der Waals surface area contributed by atoms with Crippen LogP contribution in [0.1, 0.15) is 63.7 Å². The molecule has 0 spiro atoms. The fourth-order valence-corrected chi connectivity index (χ4v) is 2.24. The molecule has 126 valence electrons. The molecule has 0 aromatic rings. The number of hydrogen-bond acceptors (Lipinski definition) is 2. The van der Waals surface area contributed by atoms with E-state index in [4.69, 9.17) is 10.6 Å².